The van der Waals surface area contributed by atoms with Crippen LogP contribution in [0, 0.1) is 39.9 Å². The van der Waals surface area contributed by atoms with Gasteiger partial charge in [0.25, 0.3) is 0 Å². The molecule has 0 saturated heterocycles. The Morgan fingerprint density at radius 2 is 1.93 bits per heavy atom. The van der Waals surface area contributed by atoms with E-state index in [9.17, 15) is 20.1 Å². The smallest absolute Gasteiger partial charge is 0.243 e. The van der Waals surface area contributed by atoms with Crippen molar-refractivity contribution in [2.75, 3.05) is 5.75 Å². The summed E-state index contributed by atoms with van der Waals surface area (Å²) < 4.78 is 0. The van der Waals surface area contributed by atoms with Gasteiger partial charge in [0.2, 0.25) is 5.91 Å². The molecule has 1 aromatic carbocycles. The van der Waals surface area contributed by atoms with E-state index in [1.807, 2.05) is 0 Å². The fraction of sp³-hybridized carbons (Fsp3) is 0.429. The van der Waals surface area contributed by atoms with E-state index in [2.05, 4.69) is 24.4 Å². The predicted molar refractivity (Wildman–Crippen MR) is 108 cm³/mol. The third-order valence-corrected chi connectivity index (χ3v) is 6.95. The number of rotatable bonds is 4. The number of hydrogen-bond acceptors (Lipinski definition) is 5. The highest BCUT2D eigenvalue weighted by Crippen LogP contribution is 2.53. The van der Waals surface area contributed by atoms with E-state index in [1.54, 1.807) is 24.3 Å². The Kier molecular flexibility index (Phi) is 6.13. The largest absolute Gasteiger partial charge is 0.319 e. The summed E-state index contributed by atoms with van der Waals surface area (Å²) in [6, 6.07) is 11.0. The molecule has 1 aliphatic heterocycles. The molecule has 7 heteroatoms. The van der Waals surface area contributed by atoms with E-state index < -0.39 is 11.3 Å². The van der Waals surface area contributed by atoms with Crippen LogP contribution in [0.2, 0.25) is 5.02 Å². The van der Waals surface area contributed by atoms with E-state index in [-0.39, 0.29) is 17.4 Å². The zero-order chi connectivity index (χ0) is 20.3. The number of hydrogen-bond donors (Lipinski definition) is 1. The van der Waals surface area contributed by atoms with Gasteiger partial charge >= 0.3 is 0 Å². The minimum atomic E-state index is -0.869. The summed E-state index contributed by atoms with van der Waals surface area (Å²) in [5, 5.41) is 23.2. The topological polar surface area (TPSA) is 93.8 Å². The molecule has 1 atom stereocenters. The Labute approximate surface area is 173 Å². The molecule has 0 aromatic heterocycles. The van der Waals surface area contributed by atoms with Crippen molar-refractivity contribution in [1.29, 1.82) is 10.5 Å². The molecule has 1 heterocycles. The Hall–Kier alpha value is -2.28. The van der Waals surface area contributed by atoms with Crippen molar-refractivity contribution in [3.05, 3.63) is 45.5 Å². The molecule has 1 aliphatic carbocycles. The van der Waals surface area contributed by atoms with Gasteiger partial charge in [0.1, 0.15) is 5.92 Å². The molecule has 5 nitrogen and oxygen atoms in total. The fourth-order valence-electron chi connectivity index (χ4n) is 3.99. The quantitative estimate of drug-likeness (QED) is 0.735. The highest BCUT2D eigenvalue weighted by atomic mass is 35.5. The lowest BCUT2D eigenvalue weighted by Gasteiger charge is -2.44. The molecule has 0 bridgehead atoms. The summed E-state index contributed by atoms with van der Waals surface area (Å²) in [6.45, 7) is 2.15. The van der Waals surface area contributed by atoms with Gasteiger partial charge < -0.3 is 5.32 Å². The maximum absolute atomic E-state index is 12.6. The van der Waals surface area contributed by atoms with Crippen molar-refractivity contribution in [2.24, 2.45) is 17.3 Å². The normalized spacial score (nSPS) is 27.1. The number of carbonyl (C=O) groups is 2. The number of amides is 1. The van der Waals surface area contributed by atoms with Crippen LogP contribution in [0.15, 0.2) is 34.9 Å². The molecule has 1 unspecified atom stereocenters. The van der Waals surface area contributed by atoms with Crippen molar-refractivity contribution in [2.45, 2.75) is 32.6 Å². The van der Waals surface area contributed by atoms with Crippen LogP contribution >= 0.6 is 23.4 Å². The fourth-order valence-corrected chi connectivity index (χ4v) is 5.13. The third kappa shape index (κ3) is 3.81. The average molecular weight is 414 g/mol. The van der Waals surface area contributed by atoms with Crippen LogP contribution in [-0.4, -0.2) is 17.4 Å². The standard InChI is InChI=1S/C21H20ClN3O2S/c1-13-6-8-21(9-7-13)16(10-23)19(27)25-20(17(21)11-24)28-12-18(26)14-2-4-15(22)5-3-14/h2-5,13,16H,6-9,12H2,1H3,(H,25,27). The molecule has 1 saturated carbocycles. The van der Waals surface area contributed by atoms with Gasteiger partial charge in [0.05, 0.1) is 28.5 Å². The first-order valence-corrected chi connectivity index (χ1v) is 10.5. The summed E-state index contributed by atoms with van der Waals surface area (Å²) >= 11 is 7.01. The molecule has 2 aliphatic rings. The Balaban J connectivity index is 1.88. The second-order valence-corrected chi connectivity index (χ2v) is 8.85. The molecule has 1 amide bonds. The Morgan fingerprint density at radius 1 is 1.29 bits per heavy atom. The van der Waals surface area contributed by atoms with Crippen LogP contribution in [-0.2, 0) is 4.79 Å². The highest BCUT2D eigenvalue weighted by Gasteiger charge is 2.52. The van der Waals surface area contributed by atoms with Crippen LogP contribution in [0.1, 0.15) is 43.0 Å². The van der Waals surface area contributed by atoms with Gasteiger partial charge in [-0.1, -0.05) is 30.3 Å². The summed E-state index contributed by atoms with van der Waals surface area (Å²) in [5.41, 5.74) is 0.220. The maximum atomic E-state index is 12.6. The lowest BCUT2D eigenvalue weighted by molar-refractivity contribution is -0.127. The van der Waals surface area contributed by atoms with Crippen LogP contribution in [0.4, 0.5) is 0 Å². The summed E-state index contributed by atoms with van der Waals surface area (Å²) in [5.74, 6) is -0.762. The van der Waals surface area contributed by atoms with E-state index in [1.165, 1.54) is 0 Å². The number of ketones is 1. The first kappa shape index (κ1) is 20.5. The van der Waals surface area contributed by atoms with Gasteiger partial charge in [0, 0.05) is 16.0 Å². The third-order valence-electron chi connectivity index (χ3n) is 5.70. The molecule has 1 spiro atoms. The van der Waals surface area contributed by atoms with Gasteiger partial charge in [-0.2, -0.15) is 10.5 Å². The van der Waals surface area contributed by atoms with Gasteiger partial charge in [-0.25, -0.2) is 0 Å². The van der Waals surface area contributed by atoms with Gasteiger partial charge in [-0.3, -0.25) is 9.59 Å². The second kappa shape index (κ2) is 8.39. The Morgan fingerprint density at radius 3 is 2.50 bits per heavy atom. The molecule has 28 heavy (non-hydrogen) atoms. The lowest BCUT2D eigenvalue weighted by atomic mass is 9.59. The molecule has 3 rings (SSSR count). The first-order valence-electron chi connectivity index (χ1n) is 9.18. The zero-order valence-electron chi connectivity index (χ0n) is 15.5. The van der Waals surface area contributed by atoms with Crippen LogP contribution in [0.5, 0.6) is 0 Å². The minimum absolute atomic E-state index is 0.0894. The van der Waals surface area contributed by atoms with Crippen molar-refractivity contribution in [1.82, 2.24) is 5.32 Å². The lowest BCUT2D eigenvalue weighted by Crippen LogP contribution is -2.49. The van der Waals surface area contributed by atoms with Crippen LogP contribution in [0.25, 0.3) is 0 Å². The van der Waals surface area contributed by atoms with E-state index >= 15 is 0 Å². The Bertz CT molecular complexity index is 903. The predicted octanol–water partition coefficient (Wildman–Crippen LogP) is 4.46. The number of allylic oxidation sites excluding steroid dienone is 1. The number of nitriles is 2. The first-order chi connectivity index (χ1) is 13.4. The van der Waals surface area contributed by atoms with E-state index in [0.717, 1.165) is 24.6 Å². The number of Topliss-reactive ketones (excluding diaryl/α,β-unsaturated/α-hetero) is 1. The number of nitrogens with zero attached hydrogens (tertiary/aromatic N) is 2. The molecule has 144 valence electrons. The summed E-state index contributed by atoms with van der Waals surface area (Å²) in [4.78, 5) is 25.1. The second-order valence-electron chi connectivity index (χ2n) is 7.42. The molecule has 1 N–H and O–H groups in total. The average Bonchev–Trinajstić information content (AvgIpc) is 2.69. The summed E-state index contributed by atoms with van der Waals surface area (Å²) in [6.07, 6.45) is 3.02. The van der Waals surface area contributed by atoms with Gasteiger partial charge in [-0.15, -0.1) is 0 Å². The molecule has 1 aromatic rings. The number of carbonyl (C=O) groups excluding carboxylic acids is 2. The number of nitrogens with one attached hydrogen (secondary N) is 1. The molecular weight excluding hydrogens is 394 g/mol. The van der Waals surface area contributed by atoms with Crippen molar-refractivity contribution >= 4 is 35.1 Å². The van der Waals surface area contributed by atoms with Crippen molar-refractivity contribution in [3.8, 4) is 12.1 Å². The molecule has 0 radical (unpaired) electrons. The van der Waals surface area contributed by atoms with Crippen LogP contribution < -0.4 is 5.32 Å². The minimum Gasteiger partial charge on any atom is -0.319 e. The molecule has 1 fully saturated rings. The van der Waals surface area contributed by atoms with Gasteiger partial charge in [0.15, 0.2) is 5.78 Å². The number of thioether (sulfide) groups is 1. The number of halogens is 1. The number of benzene rings is 1. The van der Waals surface area contributed by atoms with Crippen LogP contribution in [0.3, 0.4) is 0 Å². The SMILES string of the molecule is CC1CCC2(CC1)C(C#N)=C(SCC(=O)c1ccc(Cl)cc1)NC(=O)C2C#N. The maximum Gasteiger partial charge on any atom is 0.243 e. The highest BCUT2D eigenvalue weighted by molar-refractivity contribution is 8.03. The molecular formula is C21H20ClN3O2S. The van der Waals surface area contributed by atoms with E-state index in [0.29, 0.717) is 39.9 Å². The summed E-state index contributed by atoms with van der Waals surface area (Å²) in [7, 11) is 0. The van der Waals surface area contributed by atoms with Crippen molar-refractivity contribution in [3.63, 3.8) is 0 Å². The zero-order valence-corrected chi connectivity index (χ0v) is 17.1. The van der Waals surface area contributed by atoms with E-state index in [4.69, 9.17) is 11.6 Å². The van der Waals surface area contributed by atoms with Gasteiger partial charge in [-0.05, 0) is 55.9 Å². The monoisotopic (exact) mass is 413 g/mol. The van der Waals surface area contributed by atoms with Crippen molar-refractivity contribution < 1.29 is 9.59 Å².